The van der Waals surface area contributed by atoms with Crippen LogP contribution in [0.25, 0.3) is 0 Å². The highest BCUT2D eigenvalue weighted by atomic mass is 16.3. The first-order valence-corrected chi connectivity index (χ1v) is 12.3. The smallest absolute Gasteiger partial charge is 0.157 e. The summed E-state index contributed by atoms with van der Waals surface area (Å²) in [4.78, 5) is 13.3. The summed E-state index contributed by atoms with van der Waals surface area (Å²) >= 11 is 0. The average Bonchev–Trinajstić information content (AvgIpc) is 3.31. The van der Waals surface area contributed by atoms with Crippen molar-refractivity contribution in [2.24, 2.45) is 40.4 Å². The van der Waals surface area contributed by atoms with Crippen LogP contribution in [-0.4, -0.2) is 26.3 Å². The van der Waals surface area contributed by atoms with E-state index in [0.717, 1.165) is 43.9 Å². The number of fused-ring (bicyclic) bond motifs is 5. The predicted molar refractivity (Wildman–Crippen MR) is 118 cm³/mol. The van der Waals surface area contributed by atoms with E-state index in [1.807, 2.05) is 6.92 Å². The van der Waals surface area contributed by atoms with Crippen molar-refractivity contribution in [2.75, 3.05) is 0 Å². The van der Waals surface area contributed by atoms with Crippen molar-refractivity contribution >= 4 is 5.78 Å². The zero-order valence-electron chi connectivity index (χ0n) is 19.3. The molecule has 168 valence electrons. The lowest BCUT2D eigenvalue weighted by molar-refractivity contribution is -0.151. The van der Waals surface area contributed by atoms with Gasteiger partial charge in [-0.25, -0.2) is 0 Å². The fourth-order valence-electron chi connectivity index (χ4n) is 8.74. The zero-order chi connectivity index (χ0) is 22.0. The molecule has 0 bridgehead atoms. The SMILES string of the molecule is C[C@]1(O)CC[C@]2(C)[C@H](CC[C@@H]3[C@H]2CC[C@]2(C)[C@@H](C(=O)Cn4cc(C#N)cn4)CC[C@@H]32)C1. The van der Waals surface area contributed by atoms with Crippen LogP contribution in [0, 0.1) is 51.8 Å². The van der Waals surface area contributed by atoms with Gasteiger partial charge in [-0.05, 0) is 99.2 Å². The third-order valence-electron chi connectivity index (χ3n) is 10.4. The molecule has 0 saturated heterocycles. The van der Waals surface area contributed by atoms with Gasteiger partial charge >= 0.3 is 0 Å². The van der Waals surface area contributed by atoms with Crippen LogP contribution in [0.5, 0.6) is 0 Å². The van der Waals surface area contributed by atoms with E-state index >= 15 is 0 Å². The van der Waals surface area contributed by atoms with E-state index in [4.69, 9.17) is 5.26 Å². The monoisotopic (exact) mass is 423 g/mol. The van der Waals surface area contributed by atoms with Crippen LogP contribution >= 0.6 is 0 Å². The van der Waals surface area contributed by atoms with E-state index in [0.29, 0.717) is 28.6 Å². The summed E-state index contributed by atoms with van der Waals surface area (Å²) in [5.74, 6) is 3.19. The number of ketones is 1. The van der Waals surface area contributed by atoms with Crippen molar-refractivity contribution in [3.63, 3.8) is 0 Å². The van der Waals surface area contributed by atoms with Gasteiger partial charge in [0, 0.05) is 12.1 Å². The Kier molecular flexibility index (Phi) is 4.90. The third-order valence-corrected chi connectivity index (χ3v) is 10.4. The first-order chi connectivity index (χ1) is 14.7. The predicted octanol–water partition coefficient (Wildman–Crippen LogP) is 4.73. The number of rotatable bonds is 3. The van der Waals surface area contributed by atoms with Crippen LogP contribution in [0.1, 0.15) is 84.1 Å². The molecule has 1 heterocycles. The molecule has 0 amide bonds. The second-order valence-corrected chi connectivity index (χ2v) is 12.0. The second-order valence-electron chi connectivity index (χ2n) is 12.0. The van der Waals surface area contributed by atoms with Crippen molar-refractivity contribution in [1.82, 2.24) is 9.78 Å². The van der Waals surface area contributed by atoms with Crippen molar-refractivity contribution in [3.8, 4) is 6.07 Å². The topological polar surface area (TPSA) is 78.9 Å². The molecule has 4 aliphatic rings. The maximum Gasteiger partial charge on any atom is 0.157 e. The Morgan fingerprint density at radius 2 is 1.90 bits per heavy atom. The van der Waals surface area contributed by atoms with Crippen molar-refractivity contribution in [2.45, 2.75) is 90.7 Å². The number of nitrogens with zero attached hydrogens (tertiary/aromatic N) is 3. The molecule has 0 spiro atoms. The van der Waals surface area contributed by atoms with Crippen molar-refractivity contribution in [3.05, 3.63) is 18.0 Å². The highest BCUT2D eigenvalue weighted by Gasteiger charge is 2.61. The number of nitriles is 1. The fraction of sp³-hybridized carbons (Fsp3) is 0.808. The first kappa shape index (κ1) is 21.2. The van der Waals surface area contributed by atoms with Gasteiger partial charge in [0.25, 0.3) is 0 Å². The number of aromatic nitrogens is 2. The molecule has 4 fully saturated rings. The number of carbonyl (C=O) groups excluding carboxylic acids is 1. The van der Waals surface area contributed by atoms with Crippen molar-refractivity contribution < 1.29 is 9.90 Å². The summed E-state index contributed by atoms with van der Waals surface area (Å²) in [5.41, 5.74) is 0.493. The summed E-state index contributed by atoms with van der Waals surface area (Å²) in [5, 5.41) is 23.9. The van der Waals surface area contributed by atoms with Gasteiger partial charge in [0.05, 0.1) is 23.9 Å². The van der Waals surface area contributed by atoms with Crippen LogP contribution in [0.4, 0.5) is 0 Å². The molecule has 0 aromatic carbocycles. The summed E-state index contributed by atoms with van der Waals surface area (Å²) in [6, 6.07) is 2.10. The molecule has 1 N–H and O–H groups in total. The molecular weight excluding hydrogens is 386 g/mol. The number of hydrogen-bond donors (Lipinski definition) is 1. The molecule has 4 saturated carbocycles. The Balaban J connectivity index is 1.34. The second kappa shape index (κ2) is 7.17. The van der Waals surface area contributed by atoms with E-state index in [1.54, 1.807) is 17.1 Å². The van der Waals surface area contributed by atoms with Crippen LogP contribution in [0.3, 0.4) is 0 Å². The Morgan fingerprint density at radius 1 is 1.13 bits per heavy atom. The summed E-state index contributed by atoms with van der Waals surface area (Å²) in [6.45, 7) is 7.24. The Hall–Kier alpha value is -1.67. The molecular formula is C26H37N3O2. The fourth-order valence-corrected chi connectivity index (χ4v) is 8.74. The maximum absolute atomic E-state index is 13.3. The summed E-state index contributed by atoms with van der Waals surface area (Å²) < 4.78 is 1.64. The van der Waals surface area contributed by atoms with E-state index in [-0.39, 0.29) is 17.9 Å². The molecule has 8 atom stereocenters. The molecule has 31 heavy (non-hydrogen) atoms. The Bertz CT molecular complexity index is 914. The zero-order valence-corrected chi connectivity index (χ0v) is 19.3. The Labute approximate surface area is 186 Å². The molecule has 1 aromatic heterocycles. The molecule has 5 rings (SSSR count). The minimum atomic E-state index is -0.483. The molecule has 0 aliphatic heterocycles. The minimum absolute atomic E-state index is 0.104. The van der Waals surface area contributed by atoms with Gasteiger partial charge in [-0.1, -0.05) is 13.8 Å². The van der Waals surface area contributed by atoms with Gasteiger partial charge in [-0.2, -0.15) is 10.4 Å². The van der Waals surface area contributed by atoms with Gasteiger partial charge in [0.2, 0.25) is 0 Å². The standard InChI is InChI=1S/C26H37N3O2/c1-24(31)10-11-25(2)18(12-24)4-5-19-20-6-7-22(26(20,3)9-8-21(19)25)23(30)16-29-15-17(13-27)14-28-29/h14-15,18-22,31H,4-12,16H2,1-3H3/t18-,19+,20+,21-,22-,24+,25-,26+/m1/s1. The maximum atomic E-state index is 13.3. The average molecular weight is 424 g/mol. The minimum Gasteiger partial charge on any atom is -0.390 e. The van der Waals surface area contributed by atoms with Crippen molar-refractivity contribution in [1.29, 1.82) is 5.26 Å². The van der Waals surface area contributed by atoms with E-state index < -0.39 is 5.60 Å². The third kappa shape index (κ3) is 3.28. The van der Waals surface area contributed by atoms with Gasteiger partial charge < -0.3 is 5.11 Å². The summed E-state index contributed by atoms with van der Waals surface area (Å²) in [7, 11) is 0. The van der Waals surface area contributed by atoms with Gasteiger partial charge in [0.1, 0.15) is 6.07 Å². The lowest BCUT2D eigenvalue weighted by atomic mass is 9.44. The molecule has 0 radical (unpaired) electrons. The van der Waals surface area contributed by atoms with Gasteiger partial charge in [-0.15, -0.1) is 0 Å². The van der Waals surface area contributed by atoms with Crippen LogP contribution in [0.2, 0.25) is 0 Å². The molecule has 4 aliphatic carbocycles. The van der Waals surface area contributed by atoms with E-state index in [2.05, 4.69) is 25.0 Å². The highest BCUT2D eigenvalue weighted by Crippen LogP contribution is 2.68. The Morgan fingerprint density at radius 3 is 2.65 bits per heavy atom. The normalized spacial score (nSPS) is 46.5. The number of carbonyl (C=O) groups is 1. The van der Waals surface area contributed by atoms with E-state index in [1.165, 1.54) is 25.7 Å². The van der Waals surface area contributed by atoms with Gasteiger partial charge in [-0.3, -0.25) is 9.48 Å². The molecule has 1 aromatic rings. The molecule has 5 nitrogen and oxygen atoms in total. The van der Waals surface area contributed by atoms with E-state index in [9.17, 15) is 9.90 Å². The first-order valence-electron chi connectivity index (χ1n) is 12.3. The lowest BCUT2D eigenvalue weighted by Gasteiger charge is -2.61. The number of Topliss-reactive ketones (excluding diaryl/α,β-unsaturated/α-hetero) is 1. The summed E-state index contributed by atoms with van der Waals surface area (Å²) in [6.07, 6.45) is 13.3. The lowest BCUT2D eigenvalue weighted by Crippen LogP contribution is -2.55. The number of hydrogen-bond acceptors (Lipinski definition) is 4. The van der Waals surface area contributed by atoms with Gasteiger partial charge in [0.15, 0.2) is 5.78 Å². The number of aliphatic hydroxyl groups is 1. The largest absolute Gasteiger partial charge is 0.390 e. The van der Waals surface area contributed by atoms with Crippen LogP contribution < -0.4 is 0 Å². The molecule has 0 unspecified atom stereocenters. The molecule has 5 heteroatoms. The van der Waals surface area contributed by atoms with Crippen LogP contribution in [-0.2, 0) is 11.3 Å². The highest BCUT2D eigenvalue weighted by molar-refractivity contribution is 5.82. The van der Waals surface area contributed by atoms with Crippen LogP contribution in [0.15, 0.2) is 12.4 Å². The quantitative estimate of drug-likeness (QED) is 0.762.